The maximum atomic E-state index is 4.31. The normalized spacial score (nSPS) is 9.79. The first-order valence-electron chi connectivity index (χ1n) is 30.0. The van der Waals surface area contributed by atoms with E-state index < -0.39 is 0 Å². The topological polar surface area (TPSA) is 146 Å². The summed E-state index contributed by atoms with van der Waals surface area (Å²) in [5.74, 6) is 0. The molecule has 0 N–H and O–H groups in total. The van der Waals surface area contributed by atoms with E-state index in [2.05, 4.69) is 167 Å². The van der Waals surface area contributed by atoms with Crippen LogP contribution < -0.4 is 0 Å². The average Bonchev–Trinajstić information content (AvgIpc) is 4.52. The monoisotopic (exact) mass is 1140 g/mol. The SMILES string of the molecule is CC.CC.CC.CC.CC.CC.Cc1ccc2cnn(C)c2c1C.Cc1ccc2ncn(C)c2c1C.Cc1cnc2cnn(C)c2c1C.Cc1cnc2ncn(C)c2c1C.Cc1ncc2ccn(C)c2c1C.Cc1ncc2cnn(C)c2c1C. The van der Waals surface area contributed by atoms with Crippen LogP contribution in [0.2, 0.25) is 0 Å². The van der Waals surface area contributed by atoms with Gasteiger partial charge in [0.25, 0.3) is 0 Å². The van der Waals surface area contributed by atoms with E-state index >= 15 is 0 Å². The van der Waals surface area contributed by atoms with Crippen molar-refractivity contribution < 1.29 is 0 Å². The Morgan fingerprint density at radius 3 is 1.25 bits per heavy atom. The summed E-state index contributed by atoms with van der Waals surface area (Å²) in [4.78, 5) is 25.5. The number of hydrogen-bond acceptors (Lipinski definition) is 9. The van der Waals surface area contributed by atoms with Crippen molar-refractivity contribution in [2.24, 2.45) is 42.3 Å². The molecule has 0 radical (unpaired) electrons. The Balaban J connectivity index is 0.000000486. The minimum Gasteiger partial charge on any atom is -0.350 e. The molecule has 0 aliphatic carbocycles. The van der Waals surface area contributed by atoms with Crippen LogP contribution in [0, 0.1) is 83.1 Å². The van der Waals surface area contributed by atoms with Crippen LogP contribution >= 0.6 is 0 Å². The van der Waals surface area contributed by atoms with Crippen LogP contribution in [0.3, 0.4) is 0 Å². The fourth-order valence-corrected chi connectivity index (χ4v) is 8.91. The molecule has 0 fully saturated rings. The van der Waals surface area contributed by atoms with Gasteiger partial charge in [0.1, 0.15) is 5.52 Å². The summed E-state index contributed by atoms with van der Waals surface area (Å²) in [6.45, 7) is 49.1. The standard InChI is InChI=1S/3C10H12N2.3C9H11N3.6C2H6/c1-7-8(2)11-6-9-4-5-12(3)10(7)9;1-7-4-5-9-10(8(7)2)12(3)6-11-9;1-7-4-5-9-6-11-12(3)10(9)8(7)2;1-6-7(2)10-4-8-5-11-12(3)9(6)8;1-6-4-10-9-8(7(6)2)12(3)5-11-9;1-6-4-10-8-5-11-12(3)9(8)7(6)2;6*1-2/h3*4-6H,1-3H3;3*4-5H,1-3H3;6*1-2H3. The maximum Gasteiger partial charge on any atom is 0.177 e. The van der Waals surface area contributed by atoms with E-state index in [1.807, 2.05) is 194 Å². The van der Waals surface area contributed by atoms with Gasteiger partial charge in [-0.3, -0.25) is 29.0 Å². The zero-order valence-corrected chi connectivity index (χ0v) is 57.4. The third kappa shape index (κ3) is 18.0. The molecule has 10 heterocycles. The van der Waals surface area contributed by atoms with Gasteiger partial charge in [0.05, 0.1) is 69.9 Å². The number of aromatic nitrogens is 15. The van der Waals surface area contributed by atoms with E-state index in [4.69, 9.17) is 0 Å². The molecule has 2 aromatic carbocycles. The van der Waals surface area contributed by atoms with Crippen molar-refractivity contribution in [2.45, 2.75) is 166 Å². The highest BCUT2D eigenvalue weighted by Crippen LogP contribution is 2.23. The number of benzene rings is 2. The van der Waals surface area contributed by atoms with Gasteiger partial charge in [0.2, 0.25) is 0 Å². The Hall–Kier alpha value is -8.07. The zero-order chi connectivity index (χ0) is 64.3. The summed E-state index contributed by atoms with van der Waals surface area (Å²) in [6, 6.07) is 10.5. The van der Waals surface area contributed by atoms with Crippen molar-refractivity contribution in [3.8, 4) is 0 Å². The second kappa shape index (κ2) is 36.5. The number of fused-ring (bicyclic) bond motifs is 6. The molecule has 0 unspecified atom stereocenters. The molecule has 0 aliphatic rings. The molecule has 84 heavy (non-hydrogen) atoms. The van der Waals surface area contributed by atoms with Crippen molar-refractivity contribution in [3.05, 3.63) is 160 Å². The minimum absolute atomic E-state index is 0.834. The lowest BCUT2D eigenvalue weighted by atomic mass is 10.1. The molecule has 456 valence electrons. The molecule has 0 saturated carbocycles. The van der Waals surface area contributed by atoms with E-state index in [-0.39, 0.29) is 0 Å². The minimum atomic E-state index is 0.834. The van der Waals surface area contributed by atoms with Crippen molar-refractivity contribution >= 4 is 65.9 Å². The molecule has 12 aromatic rings. The summed E-state index contributed by atoms with van der Waals surface area (Å²) >= 11 is 0. The van der Waals surface area contributed by atoms with Gasteiger partial charge in [0.15, 0.2) is 5.65 Å². The van der Waals surface area contributed by atoms with Crippen LogP contribution in [0.1, 0.15) is 150 Å². The van der Waals surface area contributed by atoms with E-state index in [1.54, 1.807) is 12.5 Å². The lowest BCUT2D eigenvalue weighted by molar-refractivity contribution is 0.793. The molecule has 0 spiro atoms. The number of hydrogen-bond donors (Lipinski definition) is 0. The molecular formula is C69H105N15. The number of imidazole rings is 2. The van der Waals surface area contributed by atoms with E-state index in [9.17, 15) is 0 Å². The lowest BCUT2D eigenvalue weighted by Gasteiger charge is -2.02. The highest BCUT2D eigenvalue weighted by Gasteiger charge is 2.09. The molecule has 15 nitrogen and oxygen atoms in total. The number of nitrogens with zero attached hydrogens (tertiary/aromatic N) is 15. The van der Waals surface area contributed by atoms with Crippen LogP contribution in [0.25, 0.3) is 65.9 Å². The van der Waals surface area contributed by atoms with Gasteiger partial charge in [-0.25, -0.2) is 15.0 Å². The smallest absolute Gasteiger partial charge is 0.177 e. The fraction of sp³-hybridized carbons (Fsp3) is 0.435. The third-order valence-corrected chi connectivity index (χ3v) is 14.0. The van der Waals surface area contributed by atoms with Crippen molar-refractivity contribution in [3.63, 3.8) is 0 Å². The first kappa shape index (κ1) is 73.9. The Labute approximate surface area is 504 Å². The summed E-state index contributed by atoms with van der Waals surface area (Å²) in [7, 11) is 12.0. The Bertz CT molecular complexity index is 3220. The van der Waals surface area contributed by atoms with Crippen molar-refractivity contribution in [2.75, 3.05) is 0 Å². The summed E-state index contributed by atoms with van der Waals surface area (Å²) in [5.41, 5.74) is 25.1. The molecule has 15 heteroatoms. The predicted octanol–water partition coefficient (Wildman–Crippen LogP) is 17.5. The average molecular weight is 1140 g/mol. The second-order valence-corrected chi connectivity index (χ2v) is 18.8. The third-order valence-electron chi connectivity index (χ3n) is 14.0. The molecule has 0 bridgehead atoms. The lowest BCUT2D eigenvalue weighted by Crippen LogP contribution is -1.94. The quantitative estimate of drug-likeness (QED) is 0.145. The van der Waals surface area contributed by atoms with Gasteiger partial charge < -0.3 is 13.7 Å². The fourth-order valence-electron chi connectivity index (χ4n) is 8.91. The van der Waals surface area contributed by atoms with Gasteiger partial charge in [-0.15, -0.1) is 0 Å². The van der Waals surface area contributed by atoms with Gasteiger partial charge in [-0.2, -0.15) is 15.3 Å². The van der Waals surface area contributed by atoms with Crippen LogP contribution in [-0.2, 0) is 42.3 Å². The number of rotatable bonds is 0. The van der Waals surface area contributed by atoms with E-state index in [1.165, 1.54) is 88.5 Å². The molecule has 0 amide bonds. The first-order chi connectivity index (χ1) is 40.2. The van der Waals surface area contributed by atoms with Gasteiger partial charge in [0, 0.05) is 101 Å². The van der Waals surface area contributed by atoms with Crippen LogP contribution in [0.15, 0.2) is 92.6 Å². The van der Waals surface area contributed by atoms with Crippen LogP contribution in [-0.4, -0.2) is 72.9 Å². The Morgan fingerprint density at radius 2 is 0.679 bits per heavy atom. The second-order valence-electron chi connectivity index (χ2n) is 18.8. The predicted molar refractivity (Wildman–Crippen MR) is 363 cm³/mol. The van der Waals surface area contributed by atoms with Gasteiger partial charge >= 0.3 is 0 Å². The highest BCUT2D eigenvalue weighted by atomic mass is 15.3. The van der Waals surface area contributed by atoms with E-state index in [0.717, 1.165) is 44.5 Å². The van der Waals surface area contributed by atoms with Crippen molar-refractivity contribution in [1.82, 2.24) is 72.9 Å². The van der Waals surface area contributed by atoms with E-state index in [0.29, 0.717) is 0 Å². The zero-order valence-electron chi connectivity index (χ0n) is 57.4. The van der Waals surface area contributed by atoms with Crippen LogP contribution in [0.4, 0.5) is 0 Å². The molecule has 0 saturated heterocycles. The summed E-state index contributed by atoms with van der Waals surface area (Å²) in [5, 5.41) is 16.1. The Morgan fingerprint density at radius 1 is 0.274 bits per heavy atom. The molecule has 0 atom stereocenters. The molecule has 12 rings (SSSR count). The molecule has 0 aliphatic heterocycles. The maximum absolute atomic E-state index is 4.31. The highest BCUT2D eigenvalue weighted by molar-refractivity contribution is 5.84. The van der Waals surface area contributed by atoms with Gasteiger partial charge in [-0.05, 0) is 151 Å². The number of aryl methyl sites for hydroxylation is 18. The first-order valence-corrected chi connectivity index (χ1v) is 30.0. The molecular weight excluding hydrogens is 1040 g/mol. The van der Waals surface area contributed by atoms with Gasteiger partial charge in [-0.1, -0.05) is 101 Å². The van der Waals surface area contributed by atoms with Crippen molar-refractivity contribution in [1.29, 1.82) is 0 Å². The largest absolute Gasteiger partial charge is 0.350 e. The number of pyridine rings is 4. The Kier molecular flexibility index (Phi) is 32.1. The van der Waals surface area contributed by atoms with Crippen LogP contribution in [0.5, 0.6) is 0 Å². The summed E-state index contributed by atoms with van der Waals surface area (Å²) < 4.78 is 11.9. The summed E-state index contributed by atoms with van der Waals surface area (Å²) in [6.07, 6.45) is 18.8. The molecule has 10 aromatic heterocycles.